The molecule has 1 aromatic heterocycles. The van der Waals surface area contributed by atoms with Gasteiger partial charge < -0.3 is 10.3 Å². The highest BCUT2D eigenvalue weighted by atomic mass is 15.3. The van der Waals surface area contributed by atoms with Crippen LogP contribution in [0.2, 0.25) is 0 Å². The zero-order valence-corrected chi connectivity index (χ0v) is 9.68. The molecule has 0 unspecified atom stereocenters. The van der Waals surface area contributed by atoms with Gasteiger partial charge in [0.2, 0.25) is 0 Å². The molecule has 0 saturated heterocycles. The Labute approximate surface area is 96.6 Å². The van der Waals surface area contributed by atoms with Crippen LogP contribution in [0.5, 0.6) is 0 Å². The Kier molecular flexibility index (Phi) is 3.72. The molecule has 1 fully saturated rings. The summed E-state index contributed by atoms with van der Waals surface area (Å²) in [5.74, 6) is 2.40. The van der Waals surface area contributed by atoms with Crippen molar-refractivity contribution in [2.75, 3.05) is 6.54 Å². The largest absolute Gasteiger partial charge is 0.330 e. The van der Waals surface area contributed by atoms with Crippen molar-refractivity contribution in [2.45, 2.75) is 38.1 Å². The highest BCUT2D eigenvalue weighted by Crippen LogP contribution is 2.34. The molecular formula is C12H20N4. The summed E-state index contributed by atoms with van der Waals surface area (Å²) in [4.78, 5) is 0. The fourth-order valence-corrected chi connectivity index (χ4v) is 2.52. The van der Waals surface area contributed by atoms with Gasteiger partial charge in [0.25, 0.3) is 0 Å². The van der Waals surface area contributed by atoms with E-state index in [2.05, 4.69) is 21.3 Å². The van der Waals surface area contributed by atoms with E-state index >= 15 is 0 Å². The molecule has 16 heavy (non-hydrogen) atoms. The van der Waals surface area contributed by atoms with Gasteiger partial charge in [0.1, 0.15) is 12.2 Å². The average Bonchev–Trinajstić information content (AvgIpc) is 2.78. The summed E-state index contributed by atoms with van der Waals surface area (Å²) in [5, 5.41) is 8.24. The number of rotatable bonds is 4. The van der Waals surface area contributed by atoms with Gasteiger partial charge >= 0.3 is 0 Å². The minimum Gasteiger partial charge on any atom is -0.330 e. The van der Waals surface area contributed by atoms with Gasteiger partial charge in [-0.2, -0.15) is 0 Å². The van der Waals surface area contributed by atoms with Gasteiger partial charge in [-0.3, -0.25) is 0 Å². The molecule has 1 aromatic rings. The van der Waals surface area contributed by atoms with Gasteiger partial charge in [0, 0.05) is 12.5 Å². The summed E-state index contributed by atoms with van der Waals surface area (Å²) < 4.78 is 2.10. The average molecular weight is 220 g/mol. The molecule has 1 saturated carbocycles. The Morgan fingerprint density at radius 2 is 2.19 bits per heavy atom. The maximum Gasteiger partial charge on any atom is 0.136 e. The molecule has 1 aliphatic carbocycles. The first kappa shape index (κ1) is 11.3. The van der Waals surface area contributed by atoms with Crippen LogP contribution in [-0.4, -0.2) is 21.3 Å². The van der Waals surface area contributed by atoms with Crippen LogP contribution < -0.4 is 5.73 Å². The first-order valence-electron chi connectivity index (χ1n) is 6.03. The third kappa shape index (κ3) is 2.32. The predicted octanol–water partition coefficient (Wildman–Crippen LogP) is 1.70. The fourth-order valence-electron chi connectivity index (χ4n) is 2.52. The molecule has 0 aromatic carbocycles. The molecule has 1 heterocycles. The Balaban J connectivity index is 2.02. The van der Waals surface area contributed by atoms with E-state index < -0.39 is 0 Å². The maximum atomic E-state index is 5.70. The molecular weight excluding hydrogens is 200 g/mol. The second-order valence-electron chi connectivity index (χ2n) is 4.58. The maximum absolute atomic E-state index is 5.70. The molecule has 2 N–H and O–H groups in total. The minimum absolute atomic E-state index is 0.560. The van der Waals surface area contributed by atoms with E-state index in [4.69, 9.17) is 5.73 Å². The molecule has 2 rings (SSSR count). The van der Waals surface area contributed by atoms with Crippen LogP contribution in [0.15, 0.2) is 19.0 Å². The van der Waals surface area contributed by atoms with E-state index in [0.717, 1.165) is 18.9 Å². The normalized spacial score (nSPS) is 25.6. The lowest BCUT2D eigenvalue weighted by molar-refractivity contribution is 0.321. The summed E-state index contributed by atoms with van der Waals surface area (Å²) in [6.07, 6.45) is 8.52. The highest BCUT2D eigenvalue weighted by molar-refractivity contribution is 4.99. The van der Waals surface area contributed by atoms with Crippen LogP contribution in [0.4, 0.5) is 0 Å². The number of hydrogen-bond donors (Lipinski definition) is 1. The fraction of sp³-hybridized carbons (Fsp3) is 0.667. The molecule has 4 nitrogen and oxygen atoms in total. The van der Waals surface area contributed by atoms with Gasteiger partial charge in [-0.25, -0.2) is 0 Å². The van der Waals surface area contributed by atoms with Crippen molar-refractivity contribution >= 4 is 0 Å². The summed E-state index contributed by atoms with van der Waals surface area (Å²) in [6.45, 7) is 5.38. The molecule has 0 radical (unpaired) electrons. The monoisotopic (exact) mass is 220 g/mol. The van der Waals surface area contributed by atoms with E-state index in [1.54, 1.807) is 6.33 Å². The molecule has 0 atom stereocenters. The van der Waals surface area contributed by atoms with E-state index in [1.165, 1.54) is 25.7 Å². The lowest BCUT2D eigenvalue weighted by Crippen LogP contribution is -2.22. The minimum atomic E-state index is 0.560. The second kappa shape index (κ2) is 5.25. The third-order valence-electron chi connectivity index (χ3n) is 3.52. The predicted molar refractivity (Wildman–Crippen MR) is 64.0 cm³/mol. The van der Waals surface area contributed by atoms with Gasteiger partial charge in [0.15, 0.2) is 0 Å². The number of nitrogens with zero attached hydrogens (tertiary/aromatic N) is 3. The quantitative estimate of drug-likeness (QED) is 0.786. The van der Waals surface area contributed by atoms with Crippen molar-refractivity contribution in [3.63, 3.8) is 0 Å². The first-order chi connectivity index (χ1) is 7.85. The molecule has 88 valence electrons. The van der Waals surface area contributed by atoms with Crippen LogP contribution in [-0.2, 0) is 6.54 Å². The summed E-state index contributed by atoms with van der Waals surface area (Å²) in [5.41, 5.74) is 5.70. The smallest absolute Gasteiger partial charge is 0.136 e. The van der Waals surface area contributed by atoms with Crippen molar-refractivity contribution in [1.82, 2.24) is 14.8 Å². The molecule has 4 heteroatoms. The second-order valence-corrected chi connectivity index (χ2v) is 4.58. The van der Waals surface area contributed by atoms with Crippen molar-refractivity contribution in [3.05, 3.63) is 24.8 Å². The zero-order chi connectivity index (χ0) is 11.4. The molecule has 0 spiro atoms. The van der Waals surface area contributed by atoms with E-state index in [1.807, 2.05) is 6.08 Å². The van der Waals surface area contributed by atoms with Crippen LogP contribution in [0.25, 0.3) is 0 Å². The standard InChI is InChI=1S/C12H20N4/c1-2-7-16-9-14-15-12(16)11-5-3-10(8-13)4-6-11/h2,9-11H,1,3-8,13H2. The van der Waals surface area contributed by atoms with E-state index in [-0.39, 0.29) is 0 Å². The van der Waals surface area contributed by atoms with Gasteiger partial charge in [0.05, 0.1) is 0 Å². The highest BCUT2D eigenvalue weighted by Gasteiger charge is 2.24. The molecule has 1 aliphatic rings. The third-order valence-corrected chi connectivity index (χ3v) is 3.52. The van der Waals surface area contributed by atoms with Crippen molar-refractivity contribution in [2.24, 2.45) is 11.7 Å². The van der Waals surface area contributed by atoms with Crippen molar-refractivity contribution in [1.29, 1.82) is 0 Å². The summed E-state index contributed by atoms with van der Waals surface area (Å²) in [6, 6.07) is 0. The summed E-state index contributed by atoms with van der Waals surface area (Å²) >= 11 is 0. The van der Waals surface area contributed by atoms with Crippen molar-refractivity contribution < 1.29 is 0 Å². The number of nitrogens with two attached hydrogens (primary N) is 1. The topological polar surface area (TPSA) is 56.7 Å². The molecule has 0 aliphatic heterocycles. The van der Waals surface area contributed by atoms with Crippen LogP contribution in [0, 0.1) is 5.92 Å². The Morgan fingerprint density at radius 1 is 1.44 bits per heavy atom. The summed E-state index contributed by atoms with van der Waals surface area (Å²) in [7, 11) is 0. The Bertz CT molecular complexity index is 337. The number of hydrogen-bond acceptors (Lipinski definition) is 3. The lowest BCUT2D eigenvalue weighted by atomic mass is 9.81. The van der Waals surface area contributed by atoms with E-state index in [0.29, 0.717) is 11.8 Å². The van der Waals surface area contributed by atoms with Gasteiger partial charge in [-0.1, -0.05) is 6.08 Å². The van der Waals surface area contributed by atoms with Gasteiger partial charge in [-0.15, -0.1) is 16.8 Å². The SMILES string of the molecule is C=CCn1cnnc1C1CCC(CN)CC1. The van der Waals surface area contributed by atoms with Crippen molar-refractivity contribution in [3.8, 4) is 0 Å². The van der Waals surface area contributed by atoms with Gasteiger partial charge in [-0.05, 0) is 38.1 Å². The Morgan fingerprint density at radius 3 is 2.81 bits per heavy atom. The lowest BCUT2D eigenvalue weighted by Gasteiger charge is -2.27. The Hall–Kier alpha value is -1.16. The zero-order valence-electron chi connectivity index (χ0n) is 9.68. The first-order valence-corrected chi connectivity index (χ1v) is 6.03. The number of aromatic nitrogens is 3. The van der Waals surface area contributed by atoms with Crippen LogP contribution in [0.1, 0.15) is 37.4 Å². The van der Waals surface area contributed by atoms with E-state index in [9.17, 15) is 0 Å². The van der Waals surface area contributed by atoms with Crippen LogP contribution >= 0.6 is 0 Å². The van der Waals surface area contributed by atoms with Crippen LogP contribution in [0.3, 0.4) is 0 Å². The molecule has 0 amide bonds. The number of allylic oxidation sites excluding steroid dienone is 1. The molecule has 0 bridgehead atoms.